The van der Waals surface area contributed by atoms with Crippen molar-refractivity contribution in [3.63, 3.8) is 0 Å². The molecule has 0 saturated heterocycles. The van der Waals surface area contributed by atoms with E-state index in [1.54, 1.807) is 4.90 Å². The second-order valence-electron chi connectivity index (χ2n) is 9.96. The third-order valence-corrected chi connectivity index (χ3v) is 5.98. The van der Waals surface area contributed by atoms with Crippen molar-refractivity contribution in [1.82, 2.24) is 14.5 Å². The van der Waals surface area contributed by atoms with Crippen molar-refractivity contribution in [1.29, 1.82) is 0 Å². The summed E-state index contributed by atoms with van der Waals surface area (Å²) in [7, 11) is 1.50. The first-order valence-electron chi connectivity index (χ1n) is 12.0. The molecule has 2 aromatic carbocycles. The van der Waals surface area contributed by atoms with E-state index >= 15 is 0 Å². The van der Waals surface area contributed by atoms with Gasteiger partial charge in [0.15, 0.2) is 0 Å². The number of aromatic nitrogens is 2. The Morgan fingerprint density at radius 2 is 1.74 bits per heavy atom. The Labute approximate surface area is 207 Å². The molecule has 2 N–H and O–H groups in total. The summed E-state index contributed by atoms with van der Waals surface area (Å²) >= 11 is 0. The highest BCUT2D eigenvalue weighted by Gasteiger charge is 2.38. The molecule has 1 heterocycles. The van der Waals surface area contributed by atoms with E-state index in [-0.39, 0.29) is 24.0 Å². The Hall–Kier alpha value is -3.03. The molecule has 0 aliphatic carbocycles. The summed E-state index contributed by atoms with van der Waals surface area (Å²) in [6.45, 7) is 6.49. The quantitative estimate of drug-likeness (QED) is 0.426. The summed E-state index contributed by atoms with van der Waals surface area (Å²) in [5.74, 6) is 0.604. The lowest BCUT2D eigenvalue weighted by molar-refractivity contribution is -0.140. The average molecular weight is 481 g/mol. The highest BCUT2D eigenvalue weighted by Crippen LogP contribution is 2.39. The summed E-state index contributed by atoms with van der Waals surface area (Å²) in [5.41, 5.74) is 8.50. The van der Waals surface area contributed by atoms with E-state index < -0.39 is 12.7 Å². The van der Waals surface area contributed by atoms with E-state index in [9.17, 15) is 9.18 Å². The van der Waals surface area contributed by atoms with Crippen molar-refractivity contribution in [3.8, 4) is 11.3 Å². The fourth-order valence-corrected chi connectivity index (χ4v) is 4.28. The standard InChI is InChI=1S/C28H37FN4O2/c1-28(2,3)26(33(25(34)20-35-4)16-15-23(30)17-29)27-31-24(22-13-9-6-10-14-22)19-32(27)18-21-11-7-5-8-12-21/h5-14,19,23,26H,15-18,20,30H2,1-4H3/t23-,26+/m1/s1. The molecule has 0 unspecified atom stereocenters. The van der Waals surface area contributed by atoms with Crippen LogP contribution in [0.25, 0.3) is 11.3 Å². The average Bonchev–Trinajstić information content (AvgIpc) is 3.24. The maximum atomic E-state index is 13.3. The van der Waals surface area contributed by atoms with Gasteiger partial charge in [-0.25, -0.2) is 9.37 Å². The van der Waals surface area contributed by atoms with Gasteiger partial charge < -0.3 is 19.9 Å². The number of ether oxygens (including phenoxy) is 1. The number of carbonyl (C=O) groups is 1. The second kappa shape index (κ2) is 12.1. The SMILES string of the molecule is COCC(=O)N(CC[C@@H](N)CF)[C@@H](c1nc(-c2ccccc2)cn1Cc1ccccc1)C(C)(C)C. The number of hydrogen-bond donors (Lipinski definition) is 1. The zero-order chi connectivity index (χ0) is 25.4. The van der Waals surface area contributed by atoms with Gasteiger partial charge in [0.05, 0.1) is 11.7 Å². The molecule has 0 fully saturated rings. The molecule has 7 heteroatoms. The largest absolute Gasteiger partial charge is 0.375 e. The van der Waals surface area contributed by atoms with Gasteiger partial charge in [0.2, 0.25) is 5.91 Å². The summed E-state index contributed by atoms with van der Waals surface area (Å²) < 4.78 is 20.5. The molecule has 3 aromatic rings. The van der Waals surface area contributed by atoms with Crippen molar-refractivity contribution < 1.29 is 13.9 Å². The van der Waals surface area contributed by atoms with E-state index in [1.807, 2.05) is 54.7 Å². The zero-order valence-corrected chi connectivity index (χ0v) is 21.2. The monoisotopic (exact) mass is 480 g/mol. The number of methoxy groups -OCH3 is 1. The Morgan fingerprint density at radius 1 is 1.11 bits per heavy atom. The van der Waals surface area contributed by atoms with E-state index in [0.717, 1.165) is 22.6 Å². The third-order valence-electron chi connectivity index (χ3n) is 5.98. The predicted octanol–water partition coefficient (Wildman–Crippen LogP) is 4.85. The third kappa shape index (κ3) is 6.99. The molecule has 0 saturated carbocycles. The minimum Gasteiger partial charge on any atom is -0.375 e. The minimum absolute atomic E-state index is 0.0671. The van der Waals surface area contributed by atoms with E-state index in [2.05, 4.69) is 37.5 Å². The van der Waals surface area contributed by atoms with Gasteiger partial charge in [-0.05, 0) is 17.4 Å². The first-order chi connectivity index (χ1) is 16.7. The number of amides is 1. The fraction of sp³-hybridized carbons (Fsp3) is 0.429. The van der Waals surface area contributed by atoms with Gasteiger partial charge in [0.1, 0.15) is 19.1 Å². The lowest BCUT2D eigenvalue weighted by atomic mass is 9.84. The van der Waals surface area contributed by atoms with E-state index in [0.29, 0.717) is 19.5 Å². The number of hydrogen-bond acceptors (Lipinski definition) is 4. The van der Waals surface area contributed by atoms with Crippen molar-refractivity contribution >= 4 is 5.91 Å². The summed E-state index contributed by atoms with van der Waals surface area (Å²) in [6.07, 6.45) is 2.39. The van der Waals surface area contributed by atoms with Crippen molar-refractivity contribution in [3.05, 3.63) is 78.2 Å². The molecule has 1 amide bonds. The van der Waals surface area contributed by atoms with Gasteiger partial charge >= 0.3 is 0 Å². The van der Waals surface area contributed by atoms with E-state index in [4.69, 9.17) is 15.5 Å². The number of rotatable bonds is 11. The van der Waals surface area contributed by atoms with Crippen LogP contribution in [0, 0.1) is 5.41 Å². The van der Waals surface area contributed by atoms with Crippen LogP contribution in [0.4, 0.5) is 4.39 Å². The number of benzene rings is 2. The first-order valence-corrected chi connectivity index (χ1v) is 12.0. The molecule has 2 atom stereocenters. The molecule has 0 aliphatic heterocycles. The molecular formula is C28H37FN4O2. The molecule has 0 bridgehead atoms. The first kappa shape index (κ1) is 26.6. The van der Waals surface area contributed by atoms with Crippen LogP contribution in [-0.2, 0) is 16.1 Å². The Morgan fingerprint density at radius 3 is 2.31 bits per heavy atom. The molecule has 188 valence electrons. The normalized spacial score (nSPS) is 13.4. The van der Waals surface area contributed by atoms with Gasteiger partial charge in [0.25, 0.3) is 0 Å². The van der Waals surface area contributed by atoms with Crippen LogP contribution in [0.5, 0.6) is 0 Å². The number of nitrogens with two attached hydrogens (primary N) is 1. The Balaban J connectivity index is 2.13. The van der Waals surface area contributed by atoms with Gasteiger partial charge in [0, 0.05) is 38.0 Å². The van der Waals surface area contributed by atoms with Gasteiger partial charge in [-0.3, -0.25) is 4.79 Å². The van der Waals surface area contributed by atoms with Gasteiger partial charge in [-0.1, -0.05) is 81.4 Å². The molecule has 0 radical (unpaired) electrons. The smallest absolute Gasteiger partial charge is 0.249 e. The van der Waals surface area contributed by atoms with Crippen molar-refractivity contribution in [2.75, 3.05) is 26.9 Å². The number of halogens is 1. The van der Waals surface area contributed by atoms with Crippen LogP contribution in [0.2, 0.25) is 0 Å². The van der Waals surface area contributed by atoms with Crippen LogP contribution in [0.3, 0.4) is 0 Å². The maximum absolute atomic E-state index is 13.3. The number of alkyl halides is 1. The van der Waals surface area contributed by atoms with Crippen LogP contribution in [-0.4, -0.2) is 53.3 Å². The van der Waals surface area contributed by atoms with Crippen molar-refractivity contribution in [2.24, 2.45) is 11.1 Å². The molecule has 0 spiro atoms. The van der Waals surface area contributed by atoms with Crippen LogP contribution < -0.4 is 5.73 Å². The number of nitrogens with zero attached hydrogens (tertiary/aromatic N) is 3. The number of carbonyl (C=O) groups excluding carboxylic acids is 1. The summed E-state index contributed by atoms with van der Waals surface area (Å²) in [6, 6.07) is 19.2. The highest BCUT2D eigenvalue weighted by molar-refractivity contribution is 5.78. The Kier molecular flexibility index (Phi) is 9.18. The molecule has 3 rings (SSSR count). The summed E-state index contributed by atoms with van der Waals surface area (Å²) in [4.78, 5) is 20.1. The number of imidazole rings is 1. The summed E-state index contributed by atoms with van der Waals surface area (Å²) in [5, 5.41) is 0. The van der Waals surface area contributed by atoms with E-state index in [1.165, 1.54) is 7.11 Å². The fourth-order valence-electron chi connectivity index (χ4n) is 4.28. The Bertz CT molecular complexity index is 1060. The molecule has 35 heavy (non-hydrogen) atoms. The minimum atomic E-state index is -0.632. The van der Waals surface area contributed by atoms with Crippen LogP contribution in [0.15, 0.2) is 66.9 Å². The molecule has 0 aliphatic rings. The zero-order valence-electron chi connectivity index (χ0n) is 21.2. The predicted molar refractivity (Wildman–Crippen MR) is 138 cm³/mol. The van der Waals surface area contributed by atoms with Crippen LogP contribution in [0.1, 0.15) is 44.6 Å². The maximum Gasteiger partial charge on any atom is 0.249 e. The lowest BCUT2D eigenvalue weighted by Crippen LogP contribution is -2.45. The van der Waals surface area contributed by atoms with Gasteiger partial charge in [-0.2, -0.15) is 0 Å². The molecule has 6 nitrogen and oxygen atoms in total. The molecular weight excluding hydrogens is 443 g/mol. The second-order valence-corrected chi connectivity index (χ2v) is 9.96. The lowest BCUT2D eigenvalue weighted by Gasteiger charge is -2.40. The van der Waals surface area contributed by atoms with Crippen LogP contribution >= 0.6 is 0 Å². The highest BCUT2D eigenvalue weighted by atomic mass is 19.1. The van der Waals surface area contributed by atoms with Gasteiger partial charge in [-0.15, -0.1) is 0 Å². The molecule has 1 aromatic heterocycles. The topological polar surface area (TPSA) is 73.4 Å². The van der Waals surface area contributed by atoms with Crippen molar-refractivity contribution in [2.45, 2.75) is 45.8 Å².